The monoisotopic (exact) mass is 871 g/mol. The molecule has 3 N–H and O–H groups in total. The van der Waals surface area contributed by atoms with Gasteiger partial charge in [-0.3, -0.25) is 33.5 Å². The Hall–Kier alpha value is -5.70. The number of hydrogen-bond donors (Lipinski definition) is 3. The van der Waals surface area contributed by atoms with Crippen LogP contribution in [0.5, 0.6) is 11.5 Å². The molecule has 0 radical (unpaired) electrons. The zero-order chi connectivity index (χ0) is 45.0. The number of hydroxylamine groups is 2. The Morgan fingerprint density at radius 2 is 1.14 bits per heavy atom. The smallest absolute Gasteiger partial charge is 0.330 e. The van der Waals surface area contributed by atoms with Gasteiger partial charge in [-0.25, -0.2) is 9.59 Å². The summed E-state index contributed by atoms with van der Waals surface area (Å²) in [5.74, 6) is 0.782. The number of nitrogens with zero attached hydrogens (tertiary/aromatic N) is 3. The van der Waals surface area contributed by atoms with E-state index >= 15 is 0 Å². The fourth-order valence-corrected chi connectivity index (χ4v) is 8.40. The van der Waals surface area contributed by atoms with E-state index in [2.05, 4.69) is 9.97 Å². The molecule has 8 atom stereocenters. The fourth-order valence-electron chi connectivity index (χ4n) is 8.40. The van der Waals surface area contributed by atoms with Crippen molar-refractivity contribution in [1.29, 1.82) is 0 Å². The van der Waals surface area contributed by atoms with Gasteiger partial charge >= 0.3 is 11.4 Å². The van der Waals surface area contributed by atoms with Crippen molar-refractivity contribution in [2.75, 3.05) is 55.2 Å². The van der Waals surface area contributed by atoms with E-state index in [1.54, 1.807) is 40.2 Å². The van der Waals surface area contributed by atoms with Crippen LogP contribution in [0.4, 0.5) is 0 Å². The van der Waals surface area contributed by atoms with Gasteiger partial charge in [0.1, 0.15) is 41.5 Å². The van der Waals surface area contributed by atoms with Gasteiger partial charge in [0.2, 0.25) is 0 Å². The third kappa shape index (κ3) is 9.07. The van der Waals surface area contributed by atoms with E-state index in [0.29, 0.717) is 17.1 Å². The number of aromatic amines is 2. The van der Waals surface area contributed by atoms with Crippen molar-refractivity contribution in [2.24, 2.45) is 5.92 Å². The average molecular weight is 872 g/mol. The highest BCUT2D eigenvalue weighted by Crippen LogP contribution is 2.44. The molecule has 5 aromatic rings. The van der Waals surface area contributed by atoms with Crippen LogP contribution in [0, 0.1) is 19.8 Å². The van der Waals surface area contributed by atoms with Crippen molar-refractivity contribution in [3.05, 3.63) is 161 Å². The molecule has 2 aliphatic rings. The van der Waals surface area contributed by atoms with Gasteiger partial charge in [-0.05, 0) is 54.8 Å². The quantitative estimate of drug-likeness (QED) is 0.0907. The standard InChI is InChI=1S/C45H53N5O13/c1-26-21-49(43(54)46-39(26)52)41-37(58-6)33(23-48(3)61-25-35-36(51)38(59-7)42(63-35)50-22-27(2)40(53)47-44(50)55)34(62-41)24-60-45(28-11-9-8-10-12-28,29-13-17-31(56-4)18-14-29)30-15-19-32(57-5)20-16-30/h8-22,33-38,41-42,51H,23-25H2,1-7H3,(H,46,52,54)(H,47,53,55)/t33-,34-,35-,36-,37-,38-,41-,42-/m1/s1. The van der Waals surface area contributed by atoms with Crippen molar-refractivity contribution in [3.8, 4) is 11.5 Å². The van der Waals surface area contributed by atoms with Crippen molar-refractivity contribution in [1.82, 2.24) is 24.2 Å². The predicted octanol–water partition coefficient (Wildman–Crippen LogP) is 2.39. The molecular formula is C45H53N5O13. The Balaban J connectivity index is 1.21. The van der Waals surface area contributed by atoms with Crippen LogP contribution in [-0.4, -0.2) is 115 Å². The molecule has 2 fully saturated rings. The molecule has 0 amide bonds. The van der Waals surface area contributed by atoms with Crippen molar-refractivity contribution in [3.63, 3.8) is 0 Å². The van der Waals surface area contributed by atoms with Gasteiger partial charge in [-0.2, -0.15) is 5.06 Å². The summed E-state index contributed by atoms with van der Waals surface area (Å²) in [5.41, 5.74) is -0.665. The molecule has 18 heteroatoms. The molecule has 7 rings (SSSR count). The molecule has 336 valence electrons. The van der Waals surface area contributed by atoms with Gasteiger partial charge in [0.05, 0.1) is 33.5 Å². The maximum Gasteiger partial charge on any atom is 0.330 e. The molecule has 0 unspecified atom stereocenters. The lowest BCUT2D eigenvalue weighted by Crippen LogP contribution is -2.43. The summed E-state index contributed by atoms with van der Waals surface area (Å²) < 4.78 is 45.3. The number of aliphatic hydroxyl groups is 1. The Morgan fingerprint density at radius 1 is 0.667 bits per heavy atom. The molecular weight excluding hydrogens is 819 g/mol. The topological polar surface area (TPSA) is 207 Å². The van der Waals surface area contributed by atoms with E-state index in [1.807, 2.05) is 78.9 Å². The summed E-state index contributed by atoms with van der Waals surface area (Å²) >= 11 is 0. The Bertz CT molecular complexity index is 2510. The van der Waals surface area contributed by atoms with Gasteiger partial charge in [0.15, 0.2) is 12.5 Å². The number of benzene rings is 3. The number of rotatable bonds is 17. The summed E-state index contributed by atoms with van der Waals surface area (Å²) in [6, 6.07) is 25.0. The highest BCUT2D eigenvalue weighted by Gasteiger charge is 2.50. The zero-order valence-corrected chi connectivity index (χ0v) is 36.1. The van der Waals surface area contributed by atoms with E-state index in [-0.39, 0.29) is 25.3 Å². The zero-order valence-electron chi connectivity index (χ0n) is 36.1. The normalized spacial score (nSPS) is 23.6. The van der Waals surface area contributed by atoms with E-state index in [0.717, 1.165) is 16.7 Å². The lowest BCUT2D eigenvalue weighted by Gasteiger charge is -2.37. The fraction of sp³-hybridized carbons (Fsp3) is 0.422. The molecule has 0 bridgehead atoms. The maximum absolute atomic E-state index is 13.4. The molecule has 0 saturated carbocycles. The molecule has 0 aliphatic carbocycles. The Labute approximate surface area is 362 Å². The van der Waals surface area contributed by atoms with Gasteiger partial charge in [-0.1, -0.05) is 54.6 Å². The lowest BCUT2D eigenvalue weighted by molar-refractivity contribution is -0.190. The molecule has 2 aromatic heterocycles. The maximum atomic E-state index is 13.4. The van der Waals surface area contributed by atoms with Gasteiger partial charge in [-0.15, -0.1) is 0 Å². The third-order valence-corrected chi connectivity index (χ3v) is 11.8. The number of aliphatic hydroxyl groups excluding tert-OH is 1. The number of nitrogens with one attached hydrogen (secondary N) is 2. The van der Waals surface area contributed by atoms with Crippen LogP contribution in [0.25, 0.3) is 0 Å². The van der Waals surface area contributed by atoms with Crippen molar-refractivity contribution < 1.29 is 43.1 Å². The predicted molar refractivity (Wildman–Crippen MR) is 228 cm³/mol. The number of hydrogen-bond acceptors (Lipinski definition) is 14. The summed E-state index contributed by atoms with van der Waals surface area (Å²) in [4.78, 5) is 61.5. The van der Waals surface area contributed by atoms with Crippen LogP contribution in [0.1, 0.15) is 40.3 Å². The van der Waals surface area contributed by atoms with Crippen LogP contribution in [0.2, 0.25) is 0 Å². The van der Waals surface area contributed by atoms with Gasteiger partial charge in [0, 0.05) is 57.3 Å². The minimum atomic E-state index is -1.21. The molecule has 2 aliphatic heterocycles. The van der Waals surface area contributed by atoms with Crippen LogP contribution in [-0.2, 0) is 34.1 Å². The van der Waals surface area contributed by atoms with Crippen LogP contribution in [0.3, 0.4) is 0 Å². The molecule has 18 nitrogen and oxygen atoms in total. The van der Waals surface area contributed by atoms with E-state index in [1.165, 1.54) is 35.7 Å². The average Bonchev–Trinajstić information content (AvgIpc) is 3.81. The number of H-pyrrole nitrogens is 2. The first-order valence-corrected chi connectivity index (χ1v) is 20.3. The van der Waals surface area contributed by atoms with Crippen LogP contribution >= 0.6 is 0 Å². The first-order chi connectivity index (χ1) is 30.3. The molecule has 4 heterocycles. The van der Waals surface area contributed by atoms with Crippen LogP contribution in [0.15, 0.2) is 110 Å². The number of aryl methyl sites for hydroxylation is 2. The number of methoxy groups -OCH3 is 4. The highest BCUT2D eigenvalue weighted by molar-refractivity contribution is 5.49. The largest absolute Gasteiger partial charge is 0.497 e. The minimum Gasteiger partial charge on any atom is -0.497 e. The second kappa shape index (κ2) is 19.4. The first kappa shape index (κ1) is 45.3. The second-order valence-electron chi connectivity index (χ2n) is 15.6. The summed E-state index contributed by atoms with van der Waals surface area (Å²) in [5, 5.41) is 12.8. The Kier molecular flexibility index (Phi) is 13.9. The van der Waals surface area contributed by atoms with E-state index in [4.69, 9.17) is 38.0 Å². The Morgan fingerprint density at radius 3 is 1.63 bits per heavy atom. The lowest BCUT2D eigenvalue weighted by atomic mass is 9.80. The minimum absolute atomic E-state index is 0.0338. The third-order valence-electron chi connectivity index (χ3n) is 11.8. The molecule has 3 aromatic carbocycles. The summed E-state index contributed by atoms with van der Waals surface area (Å²) in [6.07, 6.45) is -3.91. The first-order valence-electron chi connectivity index (χ1n) is 20.3. The summed E-state index contributed by atoms with van der Waals surface area (Å²) in [6.45, 7) is 3.10. The van der Waals surface area contributed by atoms with E-state index in [9.17, 15) is 24.3 Å². The number of aromatic nitrogens is 4. The van der Waals surface area contributed by atoms with Crippen molar-refractivity contribution >= 4 is 0 Å². The van der Waals surface area contributed by atoms with E-state index < -0.39 is 77.0 Å². The second-order valence-corrected chi connectivity index (χ2v) is 15.6. The summed E-state index contributed by atoms with van der Waals surface area (Å²) in [7, 11) is 7.80. The molecule has 0 spiro atoms. The molecule has 2 saturated heterocycles. The van der Waals surface area contributed by atoms with Crippen molar-refractivity contribution in [2.45, 2.75) is 62.4 Å². The highest BCUT2D eigenvalue weighted by atomic mass is 16.7. The molecule has 63 heavy (non-hydrogen) atoms. The SMILES string of the molecule is COc1ccc(C(OC[C@H]2O[C@@H](n3cc(C)c(=O)[nH]c3=O)[C@H](OC)[C@@H]2CN(C)OC[C@H]2O[C@@H](n3cc(C)c(=O)[nH]c3=O)[C@H](OC)[C@@H]2O)(c2ccccc2)c2ccc(OC)cc2)cc1. The van der Waals surface area contributed by atoms with Gasteiger partial charge in [0.25, 0.3) is 11.1 Å². The van der Waals surface area contributed by atoms with Gasteiger partial charge < -0.3 is 38.3 Å². The number of ether oxygens (including phenoxy) is 7. The van der Waals surface area contributed by atoms with Crippen LogP contribution < -0.4 is 32.0 Å².